The molecule has 0 aromatic heterocycles. The predicted molar refractivity (Wildman–Crippen MR) is 117 cm³/mol. The molecule has 0 unspecified atom stereocenters. The van der Waals surface area contributed by atoms with Crippen LogP contribution >= 0.6 is 11.8 Å². The molecular formula is C24H25NO2S. The number of amides is 1. The summed E-state index contributed by atoms with van der Waals surface area (Å²) in [5.41, 5.74) is 3.67. The second kappa shape index (κ2) is 9.47. The van der Waals surface area contributed by atoms with E-state index in [0.29, 0.717) is 11.5 Å². The summed E-state index contributed by atoms with van der Waals surface area (Å²) in [7, 11) is 1.65. The van der Waals surface area contributed by atoms with Gasteiger partial charge in [0, 0.05) is 27.5 Å². The molecular weight excluding hydrogens is 366 g/mol. The third kappa shape index (κ3) is 5.17. The van der Waals surface area contributed by atoms with Gasteiger partial charge in [0.2, 0.25) is 0 Å². The highest BCUT2D eigenvalue weighted by Gasteiger charge is 2.11. The van der Waals surface area contributed by atoms with Crippen LogP contribution in [0.15, 0.2) is 77.7 Å². The molecule has 3 aromatic rings. The zero-order valence-electron chi connectivity index (χ0n) is 16.4. The summed E-state index contributed by atoms with van der Waals surface area (Å²) in [5.74, 6) is 1.88. The molecule has 0 bridgehead atoms. The van der Waals surface area contributed by atoms with Crippen molar-refractivity contribution in [1.82, 2.24) is 0 Å². The van der Waals surface area contributed by atoms with Crippen molar-refractivity contribution >= 4 is 23.4 Å². The van der Waals surface area contributed by atoms with Gasteiger partial charge in [-0.3, -0.25) is 4.79 Å². The molecule has 0 fully saturated rings. The van der Waals surface area contributed by atoms with Crippen LogP contribution in [0.3, 0.4) is 0 Å². The highest BCUT2D eigenvalue weighted by atomic mass is 32.2. The minimum absolute atomic E-state index is 0.120. The molecule has 0 heterocycles. The topological polar surface area (TPSA) is 38.3 Å². The molecule has 4 heteroatoms. The van der Waals surface area contributed by atoms with Crippen molar-refractivity contribution < 1.29 is 9.53 Å². The van der Waals surface area contributed by atoms with E-state index >= 15 is 0 Å². The van der Waals surface area contributed by atoms with Crippen molar-refractivity contribution in [3.63, 3.8) is 0 Å². The number of ether oxygens (including phenoxy) is 1. The van der Waals surface area contributed by atoms with Gasteiger partial charge in [-0.25, -0.2) is 0 Å². The summed E-state index contributed by atoms with van der Waals surface area (Å²) in [6.07, 6.45) is 0. The van der Waals surface area contributed by atoms with E-state index in [-0.39, 0.29) is 5.91 Å². The van der Waals surface area contributed by atoms with Gasteiger partial charge in [0.1, 0.15) is 5.75 Å². The number of thioether (sulfide) groups is 1. The average Bonchev–Trinajstić information content (AvgIpc) is 2.73. The van der Waals surface area contributed by atoms with E-state index in [9.17, 15) is 4.79 Å². The minimum atomic E-state index is -0.120. The number of anilines is 1. The predicted octanol–water partition coefficient (Wildman–Crippen LogP) is 6.36. The number of carbonyl (C=O) groups is 1. The molecule has 1 N–H and O–H groups in total. The first-order valence-corrected chi connectivity index (χ1v) is 10.3. The summed E-state index contributed by atoms with van der Waals surface area (Å²) in [5, 5.41) is 2.98. The third-order valence-corrected chi connectivity index (χ3v) is 5.58. The Hall–Kier alpha value is -2.72. The minimum Gasteiger partial charge on any atom is -0.496 e. The number of carbonyl (C=O) groups excluding carboxylic acids is 1. The van der Waals surface area contributed by atoms with Crippen LogP contribution in [0.1, 0.15) is 41.3 Å². The lowest BCUT2D eigenvalue weighted by atomic mass is 10.0. The number of benzene rings is 3. The highest BCUT2D eigenvalue weighted by Crippen LogP contribution is 2.29. The molecule has 3 nitrogen and oxygen atoms in total. The second-order valence-electron chi connectivity index (χ2n) is 6.86. The Labute approximate surface area is 171 Å². The van der Waals surface area contributed by atoms with Crippen molar-refractivity contribution in [2.45, 2.75) is 30.4 Å². The normalized spacial score (nSPS) is 10.7. The van der Waals surface area contributed by atoms with Gasteiger partial charge in [0.15, 0.2) is 0 Å². The van der Waals surface area contributed by atoms with Crippen molar-refractivity contribution in [2.24, 2.45) is 0 Å². The first-order chi connectivity index (χ1) is 13.6. The molecule has 0 spiro atoms. The quantitative estimate of drug-likeness (QED) is 0.476. The SMILES string of the molecule is COc1ccc(C(=O)Nc2ccc(C(C)C)cc2)cc1CSc1ccccc1. The number of methoxy groups -OCH3 is 1. The maximum Gasteiger partial charge on any atom is 0.255 e. The summed E-state index contributed by atoms with van der Waals surface area (Å²) in [6, 6.07) is 23.8. The zero-order chi connectivity index (χ0) is 19.9. The van der Waals surface area contributed by atoms with Crippen LogP contribution in [0.25, 0.3) is 0 Å². The van der Waals surface area contributed by atoms with Crippen molar-refractivity contribution in [3.8, 4) is 5.75 Å². The standard InChI is InChI=1S/C24H25NO2S/c1-17(2)18-9-12-21(13-10-18)25-24(26)19-11-14-23(27-3)20(15-19)16-28-22-7-5-4-6-8-22/h4-15,17H,16H2,1-3H3,(H,25,26). The van der Waals surface area contributed by atoms with Crippen LogP contribution in [0, 0.1) is 0 Å². The smallest absolute Gasteiger partial charge is 0.255 e. The van der Waals surface area contributed by atoms with Crippen LogP contribution in [-0.4, -0.2) is 13.0 Å². The number of rotatable bonds is 7. The fraction of sp³-hybridized carbons (Fsp3) is 0.208. The largest absolute Gasteiger partial charge is 0.496 e. The van der Waals surface area contributed by atoms with Crippen LogP contribution in [-0.2, 0) is 5.75 Å². The van der Waals surface area contributed by atoms with E-state index in [0.717, 1.165) is 22.8 Å². The Morgan fingerprint density at radius 3 is 2.36 bits per heavy atom. The lowest BCUT2D eigenvalue weighted by molar-refractivity contribution is 0.102. The third-order valence-electron chi connectivity index (χ3n) is 4.52. The molecule has 144 valence electrons. The van der Waals surface area contributed by atoms with Crippen LogP contribution in [0.4, 0.5) is 5.69 Å². The maximum atomic E-state index is 12.7. The van der Waals surface area contributed by atoms with E-state index in [4.69, 9.17) is 4.74 Å². The van der Waals surface area contributed by atoms with Gasteiger partial charge in [-0.1, -0.05) is 44.2 Å². The first kappa shape index (κ1) is 20.0. The molecule has 0 aliphatic rings. The van der Waals surface area contributed by atoms with Crippen molar-refractivity contribution in [2.75, 3.05) is 12.4 Å². The lowest BCUT2D eigenvalue weighted by Gasteiger charge is -2.12. The summed E-state index contributed by atoms with van der Waals surface area (Å²) >= 11 is 1.72. The monoisotopic (exact) mass is 391 g/mol. The van der Waals surface area contributed by atoms with Crippen LogP contribution < -0.4 is 10.1 Å². The van der Waals surface area contributed by atoms with E-state index in [1.807, 2.05) is 42.5 Å². The summed E-state index contributed by atoms with van der Waals surface area (Å²) < 4.78 is 5.48. The molecule has 0 atom stereocenters. The number of hydrogen-bond acceptors (Lipinski definition) is 3. The molecule has 0 saturated heterocycles. The van der Waals surface area contributed by atoms with Gasteiger partial charge in [0.05, 0.1) is 7.11 Å². The number of nitrogens with one attached hydrogen (secondary N) is 1. The van der Waals surface area contributed by atoms with Crippen molar-refractivity contribution in [3.05, 3.63) is 89.5 Å². The first-order valence-electron chi connectivity index (χ1n) is 9.33. The van der Waals surface area contributed by atoms with E-state index in [1.54, 1.807) is 24.9 Å². The fourth-order valence-electron chi connectivity index (χ4n) is 2.87. The molecule has 28 heavy (non-hydrogen) atoms. The van der Waals surface area contributed by atoms with E-state index < -0.39 is 0 Å². The Bertz CT molecular complexity index is 921. The van der Waals surface area contributed by atoms with Gasteiger partial charge in [-0.05, 0) is 53.9 Å². The summed E-state index contributed by atoms with van der Waals surface area (Å²) in [6.45, 7) is 4.31. The Kier molecular flexibility index (Phi) is 6.77. The molecule has 0 aliphatic heterocycles. The second-order valence-corrected chi connectivity index (χ2v) is 7.91. The van der Waals surface area contributed by atoms with Gasteiger partial charge < -0.3 is 10.1 Å². The highest BCUT2D eigenvalue weighted by molar-refractivity contribution is 7.98. The van der Waals surface area contributed by atoms with Crippen molar-refractivity contribution in [1.29, 1.82) is 0 Å². The van der Waals surface area contributed by atoms with Gasteiger partial charge in [-0.15, -0.1) is 11.8 Å². The molecule has 0 radical (unpaired) electrons. The Morgan fingerprint density at radius 1 is 1.00 bits per heavy atom. The maximum absolute atomic E-state index is 12.7. The summed E-state index contributed by atoms with van der Waals surface area (Å²) in [4.78, 5) is 13.9. The molecule has 0 saturated carbocycles. The average molecular weight is 392 g/mol. The molecule has 1 amide bonds. The lowest BCUT2D eigenvalue weighted by Crippen LogP contribution is -2.12. The molecule has 3 rings (SSSR count). The van der Waals surface area contributed by atoms with E-state index in [2.05, 4.69) is 43.4 Å². The van der Waals surface area contributed by atoms with Gasteiger partial charge in [0.25, 0.3) is 5.91 Å². The number of hydrogen-bond donors (Lipinski definition) is 1. The van der Waals surface area contributed by atoms with Gasteiger partial charge >= 0.3 is 0 Å². The van der Waals surface area contributed by atoms with Crippen LogP contribution in [0.2, 0.25) is 0 Å². The molecule has 0 aliphatic carbocycles. The van der Waals surface area contributed by atoms with Gasteiger partial charge in [-0.2, -0.15) is 0 Å². The Balaban J connectivity index is 1.73. The van der Waals surface area contributed by atoms with Crippen LogP contribution in [0.5, 0.6) is 5.75 Å². The molecule has 3 aromatic carbocycles. The Morgan fingerprint density at radius 2 is 1.71 bits per heavy atom. The van der Waals surface area contributed by atoms with E-state index in [1.165, 1.54) is 10.5 Å². The fourth-order valence-corrected chi connectivity index (χ4v) is 3.76. The zero-order valence-corrected chi connectivity index (χ0v) is 17.3.